The first-order chi connectivity index (χ1) is 18.8. The third kappa shape index (κ3) is 4.05. The molecule has 1 aliphatic carbocycles. The van der Waals surface area contributed by atoms with Crippen LogP contribution in [0.2, 0.25) is 0 Å². The van der Waals surface area contributed by atoms with E-state index in [4.69, 9.17) is 0 Å². The van der Waals surface area contributed by atoms with Gasteiger partial charge in [-0.2, -0.15) is 0 Å². The number of allylic oxidation sites excluding steroid dienone is 5. The predicted octanol–water partition coefficient (Wildman–Crippen LogP) is 10.1. The lowest BCUT2D eigenvalue weighted by molar-refractivity contribution is 1.19. The molecule has 0 saturated heterocycles. The molecule has 180 valence electrons. The second-order valence-corrected chi connectivity index (χ2v) is 10.1. The molecule has 0 unspecified atom stereocenters. The van der Waals surface area contributed by atoms with Crippen molar-refractivity contribution in [1.29, 1.82) is 0 Å². The Morgan fingerprint density at radius 1 is 0.526 bits per heavy atom. The zero-order valence-corrected chi connectivity index (χ0v) is 21.3. The Kier molecular flexibility index (Phi) is 5.72. The number of hydrogen-bond acceptors (Lipinski definition) is 0. The van der Waals surface area contributed by atoms with E-state index >= 15 is 0 Å². The Morgan fingerprint density at radius 2 is 1.24 bits per heavy atom. The molecule has 6 aromatic carbocycles. The number of hydrogen-bond donors (Lipinski definition) is 0. The van der Waals surface area contributed by atoms with E-state index < -0.39 is 0 Å². The Hall–Kier alpha value is -4.68. The lowest BCUT2D eigenvalue weighted by Gasteiger charge is -2.19. The van der Waals surface area contributed by atoms with Gasteiger partial charge in [-0.25, -0.2) is 0 Å². The highest BCUT2D eigenvalue weighted by Gasteiger charge is 2.16. The van der Waals surface area contributed by atoms with Crippen molar-refractivity contribution in [2.75, 3.05) is 0 Å². The molecule has 0 nitrogen and oxygen atoms in total. The number of fused-ring (bicyclic) bond motifs is 4. The van der Waals surface area contributed by atoms with Crippen molar-refractivity contribution < 1.29 is 0 Å². The molecular weight excluding hydrogens is 456 g/mol. The standard InChI is InChI=1S/C38H28/c1-3-13-27(14-4-1)38(28-15-5-2-6-16-28)35-21-10-9-19-31(35)24-32-25-33-23-29-17-7-8-18-30(29)26-37(33)36-22-12-11-20-34(32)36/h1-15,17-23,25-26H,16,24H2/b38-28-. The Labute approximate surface area is 223 Å². The third-order valence-electron chi connectivity index (χ3n) is 7.74. The van der Waals surface area contributed by atoms with Crippen LogP contribution in [0.5, 0.6) is 0 Å². The lowest BCUT2D eigenvalue weighted by atomic mass is 9.85. The van der Waals surface area contributed by atoms with Crippen LogP contribution in [0.3, 0.4) is 0 Å². The summed E-state index contributed by atoms with van der Waals surface area (Å²) in [7, 11) is 0. The molecule has 0 fully saturated rings. The first-order valence-corrected chi connectivity index (χ1v) is 13.4. The Balaban J connectivity index is 1.43. The average Bonchev–Trinajstić information content (AvgIpc) is 2.98. The van der Waals surface area contributed by atoms with Gasteiger partial charge in [-0.15, -0.1) is 0 Å². The van der Waals surface area contributed by atoms with Gasteiger partial charge in [0.25, 0.3) is 0 Å². The zero-order chi connectivity index (χ0) is 25.3. The molecule has 0 heterocycles. The van der Waals surface area contributed by atoms with Crippen LogP contribution in [0.4, 0.5) is 0 Å². The minimum atomic E-state index is 0.878. The van der Waals surface area contributed by atoms with Gasteiger partial charge in [-0.05, 0) is 90.7 Å². The van der Waals surface area contributed by atoms with E-state index in [1.54, 1.807) is 0 Å². The van der Waals surface area contributed by atoms with Crippen LogP contribution in [0.1, 0.15) is 28.7 Å². The van der Waals surface area contributed by atoms with Gasteiger partial charge >= 0.3 is 0 Å². The second-order valence-electron chi connectivity index (χ2n) is 10.1. The average molecular weight is 485 g/mol. The van der Waals surface area contributed by atoms with Gasteiger partial charge in [-0.3, -0.25) is 0 Å². The maximum absolute atomic E-state index is 2.42. The second kappa shape index (κ2) is 9.65. The zero-order valence-electron chi connectivity index (χ0n) is 21.3. The highest BCUT2D eigenvalue weighted by atomic mass is 14.2. The van der Waals surface area contributed by atoms with Crippen LogP contribution in [0, 0.1) is 0 Å². The van der Waals surface area contributed by atoms with Gasteiger partial charge in [-0.1, -0.05) is 133 Å². The van der Waals surface area contributed by atoms with E-state index in [1.165, 1.54) is 65.7 Å². The SMILES string of the molecule is C1=CC/C(=C(/c2ccccc2)c2ccccc2Cc2cc3cc4ccccc4cc3c3ccccc23)C=C1. The van der Waals surface area contributed by atoms with Crippen LogP contribution < -0.4 is 0 Å². The summed E-state index contributed by atoms with van der Waals surface area (Å²) in [5.74, 6) is 0. The maximum Gasteiger partial charge on any atom is -0.00132 e. The predicted molar refractivity (Wildman–Crippen MR) is 164 cm³/mol. The highest BCUT2D eigenvalue weighted by molar-refractivity contribution is 6.13. The molecule has 0 heteroatoms. The smallest absolute Gasteiger partial charge is 0.00132 e. The van der Waals surface area contributed by atoms with Crippen molar-refractivity contribution in [3.63, 3.8) is 0 Å². The first-order valence-electron chi connectivity index (χ1n) is 13.4. The molecule has 6 aromatic rings. The van der Waals surface area contributed by atoms with E-state index in [1.807, 2.05) is 0 Å². The number of benzene rings is 6. The topological polar surface area (TPSA) is 0 Å². The summed E-state index contributed by atoms with van der Waals surface area (Å²) in [6.07, 6.45) is 10.6. The molecule has 0 amide bonds. The third-order valence-corrected chi connectivity index (χ3v) is 7.74. The van der Waals surface area contributed by atoms with Crippen molar-refractivity contribution in [3.05, 3.63) is 173 Å². The monoisotopic (exact) mass is 484 g/mol. The molecule has 0 aliphatic heterocycles. The molecule has 0 N–H and O–H groups in total. The van der Waals surface area contributed by atoms with E-state index in [0.717, 1.165) is 12.8 Å². The van der Waals surface area contributed by atoms with Gasteiger partial charge in [0.15, 0.2) is 0 Å². The van der Waals surface area contributed by atoms with Crippen molar-refractivity contribution in [1.82, 2.24) is 0 Å². The summed E-state index contributed by atoms with van der Waals surface area (Å²) in [6.45, 7) is 0. The fourth-order valence-electron chi connectivity index (χ4n) is 5.96. The minimum Gasteiger partial charge on any atom is -0.0801 e. The number of rotatable bonds is 4. The molecule has 7 rings (SSSR count). The summed E-state index contributed by atoms with van der Waals surface area (Å²) in [5, 5.41) is 7.86. The van der Waals surface area contributed by atoms with Gasteiger partial charge < -0.3 is 0 Å². The normalized spacial score (nSPS) is 14.4. The quantitative estimate of drug-likeness (QED) is 0.172. The summed E-state index contributed by atoms with van der Waals surface area (Å²) in [4.78, 5) is 0. The minimum absolute atomic E-state index is 0.878. The van der Waals surface area contributed by atoms with Crippen molar-refractivity contribution in [3.8, 4) is 0 Å². The molecule has 0 spiro atoms. The molecule has 0 bridgehead atoms. The molecule has 38 heavy (non-hydrogen) atoms. The van der Waals surface area contributed by atoms with Crippen molar-refractivity contribution in [2.24, 2.45) is 0 Å². The van der Waals surface area contributed by atoms with E-state index in [9.17, 15) is 0 Å². The van der Waals surface area contributed by atoms with Crippen LogP contribution in [-0.2, 0) is 6.42 Å². The summed E-state index contributed by atoms with van der Waals surface area (Å²) in [5.41, 5.74) is 8.00. The molecular formula is C38H28. The molecule has 0 atom stereocenters. The maximum atomic E-state index is 2.42. The first kappa shape index (κ1) is 22.5. The van der Waals surface area contributed by atoms with E-state index in [0.29, 0.717) is 0 Å². The molecule has 1 aliphatic rings. The summed E-state index contributed by atoms with van der Waals surface area (Å²) in [6, 6.07) is 44.5. The van der Waals surface area contributed by atoms with Gasteiger partial charge in [0.05, 0.1) is 0 Å². The van der Waals surface area contributed by atoms with Crippen LogP contribution in [-0.4, -0.2) is 0 Å². The van der Waals surface area contributed by atoms with Crippen LogP contribution in [0.15, 0.2) is 151 Å². The molecule has 0 radical (unpaired) electrons. The van der Waals surface area contributed by atoms with Crippen molar-refractivity contribution >= 4 is 37.9 Å². The van der Waals surface area contributed by atoms with Crippen LogP contribution in [0.25, 0.3) is 37.9 Å². The fraction of sp³-hybridized carbons (Fsp3) is 0.0526. The largest absolute Gasteiger partial charge is 0.0801 e. The van der Waals surface area contributed by atoms with E-state index in [2.05, 4.69) is 146 Å². The summed E-state index contributed by atoms with van der Waals surface area (Å²) < 4.78 is 0. The van der Waals surface area contributed by atoms with Crippen LogP contribution >= 0.6 is 0 Å². The van der Waals surface area contributed by atoms with Crippen molar-refractivity contribution in [2.45, 2.75) is 12.8 Å². The summed E-state index contributed by atoms with van der Waals surface area (Å²) >= 11 is 0. The van der Waals surface area contributed by atoms with E-state index in [-0.39, 0.29) is 0 Å². The van der Waals surface area contributed by atoms with Gasteiger partial charge in [0.2, 0.25) is 0 Å². The highest BCUT2D eigenvalue weighted by Crippen LogP contribution is 2.36. The van der Waals surface area contributed by atoms with Gasteiger partial charge in [0, 0.05) is 0 Å². The fourth-order valence-corrected chi connectivity index (χ4v) is 5.96. The van der Waals surface area contributed by atoms with Gasteiger partial charge in [0.1, 0.15) is 0 Å². The Bertz CT molecular complexity index is 1900. The Morgan fingerprint density at radius 3 is 2.05 bits per heavy atom. The lowest BCUT2D eigenvalue weighted by Crippen LogP contribution is -2.01. The molecule has 0 aromatic heterocycles. The molecule has 0 saturated carbocycles.